The molecule has 1 aromatic carbocycles. The molecule has 0 bridgehead atoms. The minimum atomic E-state index is -0.110. The second-order valence-electron chi connectivity index (χ2n) is 5.65. The molecular formula is C18H21NO3S. The molecule has 2 heterocycles. The van der Waals surface area contributed by atoms with E-state index in [-0.39, 0.29) is 12.0 Å². The molecule has 1 aromatic heterocycles. The summed E-state index contributed by atoms with van der Waals surface area (Å²) in [5.41, 5.74) is 1.78. The maximum Gasteiger partial charge on any atom is 0.255 e. The van der Waals surface area contributed by atoms with Crippen LogP contribution in [0.2, 0.25) is 0 Å². The van der Waals surface area contributed by atoms with E-state index in [2.05, 4.69) is 18.3 Å². The Morgan fingerprint density at radius 2 is 2.26 bits per heavy atom. The standard InChI is InChI=1S/C18H21NO3S/c1-13-8-10-23-17(13)11-19-18(20)15-6-2-3-7-16(15)22-12-14-5-4-9-21-14/h2-3,6-8,10,14H,4-5,9,11-12H2,1H3,(H,19,20). The molecule has 1 saturated heterocycles. The van der Waals surface area contributed by atoms with E-state index in [0.717, 1.165) is 19.4 Å². The first-order valence-electron chi connectivity index (χ1n) is 7.88. The average molecular weight is 331 g/mol. The van der Waals surface area contributed by atoms with Gasteiger partial charge in [-0.2, -0.15) is 0 Å². The molecule has 1 amide bonds. The second-order valence-corrected chi connectivity index (χ2v) is 6.65. The van der Waals surface area contributed by atoms with E-state index >= 15 is 0 Å². The zero-order valence-electron chi connectivity index (χ0n) is 13.2. The lowest BCUT2D eigenvalue weighted by molar-refractivity contribution is 0.0670. The number of thiophene rings is 1. The largest absolute Gasteiger partial charge is 0.490 e. The highest BCUT2D eigenvalue weighted by atomic mass is 32.1. The number of benzene rings is 1. The molecule has 1 atom stereocenters. The Hall–Kier alpha value is -1.85. The van der Waals surface area contributed by atoms with Crippen molar-refractivity contribution in [2.75, 3.05) is 13.2 Å². The molecule has 4 nitrogen and oxygen atoms in total. The van der Waals surface area contributed by atoms with Crippen LogP contribution in [0.15, 0.2) is 35.7 Å². The summed E-state index contributed by atoms with van der Waals surface area (Å²) < 4.78 is 11.4. The third-order valence-electron chi connectivity index (χ3n) is 3.96. The predicted molar refractivity (Wildman–Crippen MR) is 91.1 cm³/mol. The SMILES string of the molecule is Cc1ccsc1CNC(=O)c1ccccc1OCC1CCCO1. The average Bonchev–Trinajstić information content (AvgIpc) is 3.22. The molecule has 1 fully saturated rings. The number of hydrogen-bond acceptors (Lipinski definition) is 4. The van der Waals surface area contributed by atoms with Gasteiger partial charge in [-0.05, 0) is 48.9 Å². The van der Waals surface area contributed by atoms with Crippen LogP contribution in [0.1, 0.15) is 33.6 Å². The van der Waals surface area contributed by atoms with E-state index in [1.54, 1.807) is 17.4 Å². The Morgan fingerprint density at radius 1 is 1.39 bits per heavy atom. The van der Waals surface area contributed by atoms with Crippen LogP contribution in [0.3, 0.4) is 0 Å². The molecular weight excluding hydrogens is 310 g/mol. The lowest BCUT2D eigenvalue weighted by Gasteiger charge is -2.14. The van der Waals surface area contributed by atoms with Crippen molar-refractivity contribution in [2.45, 2.75) is 32.4 Å². The summed E-state index contributed by atoms with van der Waals surface area (Å²) in [5.74, 6) is 0.504. The van der Waals surface area contributed by atoms with E-state index in [0.29, 0.717) is 24.5 Å². The van der Waals surface area contributed by atoms with Crippen LogP contribution in [-0.2, 0) is 11.3 Å². The number of ether oxygens (including phenoxy) is 2. The number of nitrogens with one attached hydrogen (secondary N) is 1. The fourth-order valence-corrected chi connectivity index (χ4v) is 3.43. The highest BCUT2D eigenvalue weighted by Crippen LogP contribution is 2.21. The monoisotopic (exact) mass is 331 g/mol. The molecule has 122 valence electrons. The van der Waals surface area contributed by atoms with E-state index in [9.17, 15) is 4.79 Å². The van der Waals surface area contributed by atoms with Crippen LogP contribution in [-0.4, -0.2) is 25.2 Å². The van der Waals surface area contributed by atoms with Gasteiger partial charge >= 0.3 is 0 Å². The van der Waals surface area contributed by atoms with Gasteiger partial charge in [0.1, 0.15) is 12.4 Å². The van der Waals surface area contributed by atoms with E-state index < -0.39 is 0 Å². The van der Waals surface area contributed by atoms with Gasteiger partial charge in [0.2, 0.25) is 0 Å². The first-order chi connectivity index (χ1) is 11.2. The number of para-hydroxylation sites is 1. The first-order valence-corrected chi connectivity index (χ1v) is 8.76. The van der Waals surface area contributed by atoms with Crippen molar-refractivity contribution in [3.05, 3.63) is 51.7 Å². The van der Waals surface area contributed by atoms with Crippen LogP contribution in [0.5, 0.6) is 5.75 Å². The van der Waals surface area contributed by atoms with Crippen molar-refractivity contribution >= 4 is 17.2 Å². The maximum absolute atomic E-state index is 12.5. The summed E-state index contributed by atoms with van der Waals surface area (Å²) in [5, 5.41) is 5.01. The molecule has 1 N–H and O–H groups in total. The van der Waals surface area contributed by atoms with Gasteiger partial charge in [-0.1, -0.05) is 12.1 Å². The van der Waals surface area contributed by atoms with Gasteiger partial charge in [-0.25, -0.2) is 0 Å². The van der Waals surface area contributed by atoms with Crippen LogP contribution in [0, 0.1) is 6.92 Å². The summed E-state index contributed by atoms with van der Waals surface area (Å²) in [6, 6.07) is 9.42. The van der Waals surface area contributed by atoms with E-state index in [4.69, 9.17) is 9.47 Å². The Kier molecular flexibility index (Phi) is 5.31. The fraction of sp³-hybridized carbons (Fsp3) is 0.389. The number of carbonyl (C=O) groups is 1. The molecule has 0 saturated carbocycles. The minimum Gasteiger partial charge on any atom is -0.490 e. The Labute approximate surface area is 140 Å². The van der Waals surface area contributed by atoms with Crippen molar-refractivity contribution in [1.82, 2.24) is 5.32 Å². The third kappa shape index (κ3) is 4.12. The fourth-order valence-electron chi connectivity index (χ4n) is 2.58. The number of hydrogen-bond donors (Lipinski definition) is 1. The Balaban J connectivity index is 1.61. The maximum atomic E-state index is 12.5. The van der Waals surface area contributed by atoms with E-state index in [1.807, 2.05) is 23.6 Å². The molecule has 1 unspecified atom stereocenters. The summed E-state index contributed by atoms with van der Waals surface area (Å²) in [6.07, 6.45) is 2.24. The van der Waals surface area contributed by atoms with Crippen molar-refractivity contribution < 1.29 is 14.3 Å². The normalized spacial score (nSPS) is 17.2. The molecule has 0 aliphatic carbocycles. The van der Waals surface area contributed by atoms with Crippen molar-refractivity contribution in [3.63, 3.8) is 0 Å². The second kappa shape index (κ2) is 7.62. The molecule has 2 aromatic rings. The highest BCUT2D eigenvalue weighted by molar-refractivity contribution is 7.10. The Morgan fingerprint density at radius 3 is 3.00 bits per heavy atom. The number of aryl methyl sites for hydroxylation is 1. The molecule has 1 aliphatic heterocycles. The molecule has 1 aliphatic rings. The van der Waals surface area contributed by atoms with Crippen molar-refractivity contribution in [2.24, 2.45) is 0 Å². The molecule has 5 heteroatoms. The van der Waals surface area contributed by atoms with Gasteiger partial charge in [-0.3, -0.25) is 4.79 Å². The minimum absolute atomic E-state index is 0.110. The Bertz CT molecular complexity index is 662. The van der Waals surface area contributed by atoms with Gasteiger partial charge < -0.3 is 14.8 Å². The molecule has 0 radical (unpaired) electrons. The van der Waals surface area contributed by atoms with Crippen molar-refractivity contribution in [1.29, 1.82) is 0 Å². The topological polar surface area (TPSA) is 47.6 Å². The smallest absolute Gasteiger partial charge is 0.255 e. The van der Waals surface area contributed by atoms with Gasteiger partial charge in [0.25, 0.3) is 5.91 Å². The zero-order chi connectivity index (χ0) is 16.1. The zero-order valence-corrected chi connectivity index (χ0v) is 14.0. The molecule has 3 rings (SSSR count). The molecule has 23 heavy (non-hydrogen) atoms. The van der Waals surface area contributed by atoms with E-state index in [1.165, 1.54) is 10.4 Å². The first kappa shape index (κ1) is 16.0. The number of carbonyl (C=O) groups excluding carboxylic acids is 1. The quantitative estimate of drug-likeness (QED) is 0.881. The third-order valence-corrected chi connectivity index (χ3v) is 4.98. The summed E-state index contributed by atoms with van der Waals surface area (Å²) in [4.78, 5) is 13.6. The number of amides is 1. The highest BCUT2D eigenvalue weighted by Gasteiger charge is 2.18. The lowest BCUT2D eigenvalue weighted by Crippen LogP contribution is -2.24. The lowest BCUT2D eigenvalue weighted by atomic mass is 10.2. The van der Waals surface area contributed by atoms with Gasteiger partial charge in [0.15, 0.2) is 0 Å². The van der Waals surface area contributed by atoms with Crippen LogP contribution in [0.25, 0.3) is 0 Å². The number of rotatable bonds is 6. The predicted octanol–water partition coefficient (Wildman–Crippen LogP) is 3.54. The van der Waals surface area contributed by atoms with Gasteiger partial charge in [0.05, 0.1) is 18.2 Å². The summed E-state index contributed by atoms with van der Waals surface area (Å²) >= 11 is 1.66. The summed E-state index contributed by atoms with van der Waals surface area (Å²) in [6.45, 7) is 3.89. The van der Waals surface area contributed by atoms with Crippen LogP contribution >= 0.6 is 11.3 Å². The van der Waals surface area contributed by atoms with Crippen molar-refractivity contribution in [3.8, 4) is 5.75 Å². The summed E-state index contributed by atoms with van der Waals surface area (Å²) in [7, 11) is 0. The van der Waals surface area contributed by atoms with Crippen LogP contribution in [0.4, 0.5) is 0 Å². The van der Waals surface area contributed by atoms with Gasteiger partial charge in [-0.15, -0.1) is 11.3 Å². The van der Waals surface area contributed by atoms with Gasteiger partial charge in [0, 0.05) is 11.5 Å². The molecule has 0 spiro atoms. The van der Waals surface area contributed by atoms with Crippen LogP contribution < -0.4 is 10.1 Å².